The predicted molar refractivity (Wildman–Crippen MR) is 112 cm³/mol. The van der Waals surface area contributed by atoms with Gasteiger partial charge in [0.05, 0.1) is 19.9 Å². The molecule has 0 spiro atoms. The molecule has 0 saturated carbocycles. The summed E-state index contributed by atoms with van der Waals surface area (Å²) >= 11 is 5.83. The summed E-state index contributed by atoms with van der Waals surface area (Å²) in [4.78, 5) is 20.4. The van der Waals surface area contributed by atoms with Gasteiger partial charge in [0, 0.05) is 16.7 Å². The number of amides is 1. The minimum atomic E-state index is -0.372. The number of nitrogens with two attached hydrogens (primary N) is 1. The Hall–Kier alpha value is -3.72. The minimum absolute atomic E-state index is 0.203. The van der Waals surface area contributed by atoms with Crippen molar-refractivity contribution in [3.63, 3.8) is 0 Å². The van der Waals surface area contributed by atoms with Gasteiger partial charge < -0.3 is 20.5 Å². The summed E-state index contributed by atoms with van der Waals surface area (Å²) in [7, 11) is 3.12. The van der Waals surface area contributed by atoms with E-state index in [0.29, 0.717) is 33.6 Å². The van der Waals surface area contributed by atoms with Crippen LogP contribution in [0.3, 0.4) is 0 Å². The lowest BCUT2D eigenvalue weighted by Gasteiger charge is -2.15. The van der Waals surface area contributed by atoms with Crippen molar-refractivity contribution < 1.29 is 14.3 Å². The molecule has 3 aromatic rings. The number of halogens is 1. The molecule has 0 atom stereocenters. The molecule has 0 unspecified atom stereocenters. The number of rotatable bonds is 7. The monoisotopic (exact) mass is 414 g/mol. The molecule has 9 nitrogen and oxygen atoms in total. The van der Waals surface area contributed by atoms with Gasteiger partial charge in [-0.15, -0.1) is 0 Å². The van der Waals surface area contributed by atoms with Crippen molar-refractivity contribution in [2.75, 3.05) is 30.7 Å². The maximum Gasteiger partial charge on any atom is 0.269 e. The van der Waals surface area contributed by atoms with E-state index in [0.717, 1.165) is 0 Å². The van der Waals surface area contributed by atoms with Gasteiger partial charge in [-0.25, -0.2) is 9.97 Å². The molecule has 0 aliphatic rings. The van der Waals surface area contributed by atoms with Crippen LogP contribution in [0.5, 0.6) is 11.5 Å². The first-order valence-electron chi connectivity index (χ1n) is 8.43. The number of carbonyl (C=O) groups excluding carboxylic acids is 1. The minimum Gasteiger partial charge on any atom is -0.497 e. The Balaban J connectivity index is 1.76. The molecule has 0 radical (unpaired) electrons. The average Bonchev–Trinajstić information content (AvgIpc) is 2.74. The van der Waals surface area contributed by atoms with Crippen LogP contribution < -0.4 is 31.4 Å². The van der Waals surface area contributed by atoms with Crippen LogP contribution in [-0.4, -0.2) is 30.1 Å². The third-order valence-corrected chi connectivity index (χ3v) is 4.20. The molecule has 0 bridgehead atoms. The van der Waals surface area contributed by atoms with Crippen LogP contribution in [0.15, 0.2) is 48.8 Å². The quantitative estimate of drug-likeness (QED) is 0.434. The van der Waals surface area contributed by atoms with E-state index in [-0.39, 0.29) is 17.4 Å². The van der Waals surface area contributed by atoms with Gasteiger partial charge in [-0.05, 0) is 36.4 Å². The van der Waals surface area contributed by atoms with Crippen LogP contribution in [0, 0.1) is 0 Å². The number of hydrogen-bond donors (Lipinski definition) is 4. The molecule has 0 fully saturated rings. The number of nitrogens with one attached hydrogen (secondary N) is 3. The number of anilines is 4. The highest BCUT2D eigenvalue weighted by Crippen LogP contribution is 2.33. The standard InChI is InChI=1S/C19H19ClN6O3/c1-28-13-7-8-15(29-2)14(9-13)24-17-16(21)18(23-10-22-17)25-26-19(27)11-3-5-12(20)6-4-11/h3-10H,21H2,1-2H3,(H,26,27)(H2,22,23,24,25). The number of aromatic nitrogens is 2. The van der Waals surface area contributed by atoms with Crippen molar-refractivity contribution in [3.8, 4) is 11.5 Å². The zero-order chi connectivity index (χ0) is 20.8. The highest BCUT2D eigenvalue weighted by atomic mass is 35.5. The number of nitrogen functional groups attached to an aromatic ring is 1. The lowest BCUT2D eigenvalue weighted by Crippen LogP contribution is -2.30. The first-order valence-corrected chi connectivity index (χ1v) is 8.81. The number of benzene rings is 2. The Morgan fingerprint density at radius 2 is 1.76 bits per heavy atom. The molecule has 3 rings (SSSR count). The van der Waals surface area contributed by atoms with Crippen molar-refractivity contribution >= 4 is 40.5 Å². The fraction of sp³-hybridized carbons (Fsp3) is 0.105. The van der Waals surface area contributed by atoms with Crippen molar-refractivity contribution in [2.45, 2.75) is 0 Å². The number of methoxy groups -OCH3 is 2. The Morgan fingerprint density at radius 1 is 1.03 bits per heavy atom. The fourth-order valence-electron chi connectivity index (χ4n) is 2.42. The first-order chi connectivity index (χ1) is 14.0. The van der Waals surface area contributed by atoms with Crippen LogP contribution in [0.1, 0.15) is 10.4 Å². The van der Waals surface area contributed by atoms with E-state index in [9.17, 15) is 4.79 Å². The Labute approximate surface area is 172 Å². The SMILES string of the molecule is COc1ccc(OC)c(Nc2ncnc(NNC(=O)c3ccc(Cl)cc3)c2N)c1. The average molecular weight is 415 g/mol. The molecule has 1 aromatic heterocycles. The number of ether oxygens (including phenoxy) is 2. The van der Waals surface area contributed by atoms with Crippen LogP contribution in [0.4, 0.5) is 23.0 Å². The van der Waals surface area contributed by atoms with Gasteiger partial charge in [-0.3, -0.25) is 15.6 Å². The lowest BCUT2D eigenvalue weighted by molar-refractivity contribution is 0.0962. The lowest BCUT2D eigenvalue weighted by atomic mass is 10.2. The van der Waals surface area contributed by atoms with Crippen molar-refractivity contribution in [1.82, 2.24) is 15.4 Å². The van der Waals surface area contributed by atoms with E-state index < -0.39 is 0 Å². The first kappa shape index (κ1) is 20.0. The van der Waals surface area contributed by atoms with Crippen molar-refractivity contribution in [1.29, 1.82) is 0 Å². The Bertz CT molecular complexity index is 1010. The van der Waals surface area contributed by atoms with Gasteiger partial charge in [0.2, 0.25) is 0 Å². The number of carbonyl (C=O) groups is 1. The molecule has 1 heterocycles. The molecular weight excluding hydrogens is 396 g/mol. The van der Waals surface area contributed by atoms with Gasteiger partial charge >= 0.3 is 0 Å². The van der Waals surface area contributed by atoms with Crippen LogP contribution in [0.25, 0.3) is 0 Å². The molecule has 0 saturated heterocycles. The fourth-order valence-corrected chi connectivity index (χ4v) is 2.55. The third kappa shape index (κ3) is 4.77. The molecule has 1 amide bonds. The van der Waals surface area contributed by atoms with E-state index in [1.165, 1.54) is 6.33 Å². The van der Waals surface area contributed by atoms with Crippen molar-refractivity contribution in [3.05, 3.63) is 59.4 Å². The number of hydrogen-bond acceptors (Lipinski definition) is 8. The predicted octanol–water partition coefficient (Wildman–Crippen LogP) is 3.23. The highest BCUT2D eigenvalue weighted by Gasteiger charge is 2.13. The van der Waals surface area contributed by atoms with Crippen LogP contribution >= 0.6 is 11.6 Å². The van der Waals surface area contributed by atoms with E-state index in [1.807, 2.05) is 0 Å². The topological polar surface area (TPSA) is 123 Å². The summed E-state index contributed by atoms with van der Waals surface area (Å²) in [5, 5.41) is 3.62. The van der Waals surface area contributed by atoms with Gasteiger partial charge in [0.25, 0.3) is 5.91 Å². The molecule has 0 aliphatic carbocycles. The largest absolute Gasteiger partial charge is 0.497 e. The Morgan fingerprint density at radius 3 is 2.45 bits per heavy atom. The summed E-state index contributed by atoms with van der Waals surface area (Å²) in [5.74, 6) is 1.40. The van der Waals surface area contributed by atoms with E-state index in [2.05, 4.69) is 26.1 Å². The molecule has 29 heavy (non-hydrogen) atoms. The summed E-state index contributed by atoms with van der Waals surface area (Å²) in [6.45, 7) is 0. The van der Waals surface area contributed by atoms with Crippen LogP contribution in [-0.2, 0) is 0 Å². The third-order valence-electron chi connectivity index (χ3n) is 3.94. The van der Waals surface area contributed by atoms with Gasteiger partial charge in [0.1, 0.15) is 23.5 Å². The van der Waals surface area contributed by atoms with Gasteiger partial charge in [-0.1, -0.05) is 11.6 Å². The molecule has 2 aromatic carbocycles. The summed E-state index contributed by atoms with van der Waals surface area (Å²) in [5.41, 5.74) is 12.6. The number of hydrazine groups is 1. The van der Waals surface area contributed by atoms with Crippen LogP contribution in [0.2, 0.25) is 5.02 Å². The number of nitrogens with zero attached hydrogens (tertiary/aromatic N) is 2. The maximum atomic E-state index is 12.2. The van der Waals surface area contributed by atoms with Crippen molar-refractivity contribution in [2.24, 2.45) is 0 Å². The summed E-state index contributed by atoms with van der Waals surface area (Å²) < 4.78 is 10.6. The maximum absolute atomic E-state index is 12.2. The summed E-state index contributed by atoms with van der Waals surface area (Å²) in [6.07, 6.45) is 1.31. The zero-order valence-corrected chi connectivity index (χ0v) is 16.4. The molecule has 0 aliphatic heterocycles. The molecule has 5 N–H and O–H groups in total. The second kappa shape index (κ2) is 8.98. The van der Waals surface area contributed by atoms with E-state index in [4.69, 9.17) is 26.8 Å². The molecular formula is C19H19ClN6O3. The highest BCUT2D eigenvalue weighted by molar-refractivity contribution is 6.30. The second-order valence-electron chi connectivity index (χ2n) is 5.76. The normalized spacial score (nSPS) is 10.2. The van der Waals surface area contributed by atoms with Gasteiger partial charge in [0.15, 0.2) is 11.6 Å². The Kier molecular flexibility index (Phi) is 6.20. The van der Waals surface area contributed by atoms with E-state index >= 15 is 0 Å². The summed E-state index contributed by atoms with van der Waals surface area (Å²) in [6, 6.07) is 11.7. The molecule has 150 valence electrons. The molecule has 10 heteroatoms. The van der Waals surface area contributed by atoms with Gasteiger partial charge in [-0.2, -0.15) is 0 Å². The van der Waals surface area contributed by atoms with E-state index in [1.54, 1.807) is 56.7 Å². The zero-order valence-electron chi connectivity index (χ0n) is 15.7. The second-order valence-corrected chi connectivity index (χ2v) is 6.20. The smallest absolute Gasteiger partial charge is 0.269 e.